The minimum Gasteiger partial charge on any atom is -0.342 e. The van der Waals surface area contributed by atoms with Crippen molar-refractivity contribution in [3.05, 3.63) is 0 Å². The standard InChI is InChI=1S/C16H32N4/c1-16(2)11-9-14(10-12-16)20(3)15(19-17)18-13-7-5-4-6-8-13/h13-14H,4-12,17H2,1-3H3,(H,18,19). The van der Waals surface area contributed by atoms with Gasteiger partial charge in [-0.1, -0.05) is 33.1 Å². The van der Waals surface area contributed by atoms with E-state index in [1.165, 1.54) is 57.8 Å². The average molecular weight is 280 g/mol. The van der Waals surface area contributed by atoms with Gasteiger partial charge in [-0.2, -0.15) is 0 Å². The average Bonchev–Trinajstić information content (AvgIpc) is 2.45. The summed E-state index contributed by atoms with van der Waals surface area (Å²) in [6.45, 7) is 4.75. The topological polar surface area (TPSA) is 53.6 Å². The van der Waals surface area contributed by atoms with Crippen molar-refractivity contribution in [1.29, 1.82) is 0 Å². The SMILES string of the molecule is CN(C(=NC1CCCCC1)NN)C1CCC(C)(C)CC1. The van der Waals surface area contributed by atoms with Crippen LogP contribution in [-0.4, -0.2) is 30.0 Å². The van der Waals surface area contributed by atoms with E-state index in [0.29, 0.717) is 17.5 Å². The van der Waals surface area contributed by atoms with Gasteiger partial charge in [-0.25, -0.2) is 10.8 Å². The highest BCUT2D eigenvalue weighted by molar-refractivity contribution is 5.79. The van der Waals surface area contributed by atoms with Gasteiger partial charge in [0.25, 0.3) is 0 Å². The Balaban J connectivity index is 1.94. The molecule has 2 aliphatic rings. The Morgan fingerprint density at radius 3 is 2.25 bits per heavy atom. The fraction of sp³-hybridized carbons (Fsp3) is 0.938. The van der Waals surface area contributed by atoms with Gasteiger partial charge in [-0.15, -0.1) is 0 Å². The molecule has 0 radical (unpaired) electrons. The Kier molecular flexibility index (Phi) is 5.30. The molecule has 0 saturated heterocycles. The van der Waals surface area contributed by atoms with Gasteiger partial charge in [0, 0.05) is 13.1 Å². The van der Waals surface area contributed by atoms with Crippen LogP contribution in [0.2, 0.25) is 0 Å². The first-order chi connectivity index (χ1) is 9.52. The van der Waals surface area contributed by atoms with Crippen molar-refractivity contribution < 1.29 is 0 Å². The van der Waals surface area contributed by atoms with E-state index in [9.17, 15) is 0 Å². The lowest BCUT2D eigenvalue weighted by molar-refractivity contribution is 0.166. The van der Waals surface area contributed by atoms with Gasteiger partial charge in [-0.3, -0.25) is 5.43 Å². The molecule has 0 heterocycles. The third-order valence-corrected chi connectivity index (χ3v) is 5.20. The zero-order valence-corrected chi connectivity index (χ0v) is 13.5. The Labute approximate surface area is 124 Å². The van der Waals surface area contributed by atoms with Crippen molar-refractivity contribution in [3.63, 3.8) is 0 Å². The van der Waals surface area contributed by atoms with Crippen LogP contribution in [-0.2, 0) is 0 Å². The van der Waals surface area contributed by atoms with E-state index in [2.05, 4.69) is 31.2 Å². The van der Waals surface area contributed by atoms with Crippen molar-refractivity contribution in [2.75, 3.05) is 7.05 Å². The molecule has 2 aliphatic carbocycles. The third kappa shape index (κ3) is 4.11. The molecule has 116 valence electrons. The predicted octanol–water partition coefficient (Wildman–Crippen LogP) is 3.04. The number of guanidine groups is 1. The van der Waals surface area contributed by atoms with Gasteiger partial charge in [-0.05, 0) is 43.9 Å². The summed E-state index contributed by atoms with van der Waals surface area (Å²) in [7, 11) is 2.14. The van der Waals surface area contributed by atoms with Crippen LogP contribution in [0.4, 0.5) is 0 Å². The fourth-order valence-electron chi connectivity index (χ4n) is 3.56. The van der Waals surface area contributed by atoms with Crippen molar-refractivity contribution >= 4 is 5.96 Å². The molecule has 0 atom stereocenters. The number of nitrogens with one attached hydrogen (secondary N) is 1. The van der Waals surface area contributed by atoms with Gasteiger partial charge in [0.05, 0.1) is 6.04 Å². The van der Waals surface area contributed by atoms with Crippen molar-refractivity contribution in [2.24, 2.45) is 16.3 Å². The van der Waals surface area contributed by atoms with Crippen LogP contribution in [0.15, 0.2) is 4.99 Å². The number of aliphatic imine (C=N–C) groups is 1. The summed E-state index contributed by atoms with van der Waals surface area (Å²) in [6.07, 6.45) is 11.5. The summed E-state index contributed by atoms with van der Waals surface area (Å²) in [4.78, 5) is 7.15. The van der Waals surface area contributed by atoms with E-state index < -0.39 is 0 Å². The number of hydrogen-bond donors (Lipinski definition) is 2. The normalized spacial score (nSPS) is 25.5. The number of nitrogens with zero attached hydrogens (tertiary/aromatic N) is 2. The molecule has 2 saturated carbocycles. The van der Waals surface area contributed by atoms with Crippen LogP contribution < -0.4 is 11.3 Å². The molecule has 3 N–H and O–H groups in total. The quantitative estimate of drug-likeness (QED) is 0.354. The van der Waals surface area contributed by atoms with Gasteiger partial charge < -0.3 is 4.90 Å². The lowest BCUT2D eigenvalue weighted by atomic mass is 9.75. The summed E-state index contributed by atoms with van der Waals surface area (Å²) >= 11 is 0. The molecule has 20 heavy (non-hydrogen) atoms. The highest BCUT2D eigenvalue weighted by Gasteiger charge is 2.30. The molecule has 0 unspecified atom stereocenters. The van der Waals surface area contributed by atoms with Crippen molar-refractivity contribution in [2.45, 2.75) is 83.7 Å². The second kappa shape index (κ2) is 6.79. The highest BCUT2D eigenvalue weighted by Crippen LogP contribution is 2.36. The number of hydrogen-bond acceptors (Lipinski definition) is 2. The lowest BCUT2D eigenvalue weighted by Gasteiger charge is -2.39. The Morgan fingerprint density at radius 2 is 1.70 bits per heavy atom. The van der Waals surface area contributed by atoms with Gasteiger partial charge in [0.2, 0.25) is 5.96 Å². The highest BCUT2D eigenvalue weighted by atomic mass is 15.4. The first kappa shape index (κ1) is 15.6. The number of hydrazine groups is 1. The van der Waals surface area contributed by atoms with Crippen LogP contribution in [0, 0.1) is 5.41 Å². The monoisotopic (exact) mass is 280 g/mol. The number of nitrogens with two attached hydrogens (primary N) is 1. The zero-order valence-electron chi connectivity index (χ0n) is 13.5. The van der Waals surface area contributed by atoms with Crippen LogP contribution in [0.3, 0.4) is 0 Å². The molecule has 0 amide bonds. The first-order valence-corrected chi connectivity index (χ1v) is 8.29. The van der Waals surface area contributed by atoms with Crippen LogP contribution in [0.25, 0.3) is 0 Å². The van der Waals surface area contributed by atoms with Gasteiger partial charge in [0.15, 0.2) is 0 Å². The molecule has 0 spiro atoms. The van der Waals surface area contributed by atoms with E-state index in [0.717, 1.165) is 5.96 Å². The maximum absolute atomic E-state index is 5.73. The van der Waals surface area contributed by atoms with E-state index in [1.807, 2.05) is 0 Å². The van der Waals surface area contributed by atoms with Crippen molar-refractivity contribution in [3.8, 4) is 0 Å². The van der Waals surface area contributed by atoms with Gasteiger partial charge in [0.1, 0.15) is 0 Å². The smallest absolute Gasteiger partial charge is 0.208 e. The predicted molar refractivity (Wildman–Crippen MR) is 85.4 cm³/mol. The van der Waals surface area contributed by atoms with Crippen LogP contribution in [0.5, 0.6) is 0 Å². The van der Waals surface area contributed by atoms with E-state index in [4.69, 9.17) is 10.8 Å². The summed E-state index contributed by atoms with van der Waals surface area (Å²) in [5.41, 5.74) is 3.35. The van der Waals surface area contributed by atoms with E-state index >= 15 is 0 Å². The first-order valence-electron chi connectivity index (χ1n) is 8.29. The molecular formula is C16H32N4. The molecule has 0 aromatic rings. The van der Waals surface area contributed by atoms with Crippen LogP contribution >= 0.6 is 0 Å². The Bertz CT molecular complexity index is 321. The largest absolute Gasteiger partial charge is 0.342 e. The Hall–Kier alpha value is -0.770. The van der Waals surface area contributed by atoms with Crippen molar-refractivity contribution in [1.82, 2.24) is 10.3 Å². The fourth-order valence-corrected chi connectivity index (χ4v) is 3.56. The molecule has 2 rings (SSSR count). The molecular weight excluding hydrogens is 248 g/mol. The second-order valence-electron chi connectivity index (χ2n) is 7.40. The summed E-state index contributed by atoms with van der Waals surface area (Å²) in [5.74, 6) is 6.62. The maximum Gasteiger partial charge on any atom is 0.208 e. The molecule has 0 aromatic carbocycles. The molecule has 0 aromatic heterocycles. The minimum atomic E-state index is 0.470. The lowest BCUT2D eigenvalue weighted by Crippen LogP contribution is -2.49. The number of rotatable bonds is 2. The Morgan fingerprint density at radius 1 is 1.10 bits per heavy atom. The molecule has 4 heteroatoms. The van der Waals surface area contributed by atoms with E-state index in [1.54, 1.807) is 0 Å². The molecule has 4 nitrogen and oxygen atoms in total. The summed E-state index contributed by atoms with van der Waals surface area (Å²) in [5, 5.41) is 0. The molecule has 2 fully saturated rings. The summed E-state index contributed by atoms with van der Waals surface area (Å²) in [6, 6.07) is 1.05. The van der Waals surface area contributed by atoms with Crippen LogP contribution in [0.1, 0.15) is 71.6 Å². The maximum atomic E-state index is 5.73. The van der Waals surface area contributed by atoms with Gasteiger partial charge >= 0.3 is 0 Å². The van der Waals surface area contributed by atoms with E-state index in [-0.39, 0.29) is 0 Å². The molecule has 0 aliphatic heterocycles. The minimum absolute atomic E-state index is 0.470. The summed E-state index contributed by atoms with van der Waals surface area (Å²) < 4.78 is 0. The third-order valence-electron chi connectivity index (χ3n) is 5.20. The zero-order chi connectivity index (χ0) is 14.6. The molecule has 0 bridgehead atoms. The second-order valence-corrected chi connectivity index (χ2v) is 7.40.